The third-order valence-corrected chi connectivity index (χ3v) is 4.24. The summed E-state index contributed by atoms with van der Waals surface area (Å²) in [5, 5.41) is 12.2. The molecule has 0 aliphatic heterocycles. The molecule has 128 valence electrons. The lowest BCUT2D eigenvalue weighted by molar-refractivity contribution is -0.248. The third-order valence-electron chi connectivity index (χ3n) is 3.50. The van der Waals surface area contributed by atoms with E-state index in [1.54, 1.807) is 30.3 Å². The predicted molar refractivity (Wildman–Crippen MR) is 88.0 cm³/mol. The van der Waals surface area contributed by atoms with Crippen LogP contribution in [0.4, 0.5) is 18.9 Å². The first-order valence-corrected chi connectivity index (χ1v) is 8.27. The maximum Gasteiger partial charge on any atom is 0.426 e. The van der Waals surface area contributed by atoms with Gasteiger partial charge in [0, 0.05) is 17.0 Å². The number of halogens is 3. The SMILES string of the molecule is CSc1ccc(CC(O)(C(=O)Nc2ccccc2)C(F)(F)F)cc1. The van der Waals surface area contributed by atoms with Crippen LogP contribution in [0.1, 0.15) is 5.56 Å². The fraction of sp³-hybridized carbons (Fsp3) is 0.235. The summed E-state index contributed by atoms with van der Waals surface area (Å²) in [5.74, 6) is -1.50. The number of hydrogen-bond acceptors (Lipinski definition) is 3. The molecule has 2 N–H and O–H groups in total. The van der Waals surface area contributed by atoms with E-state index in [2.05, 4.69) is 5.32 Å². The lowest BCUT2D eigenvalue weighted by atomic mass is 9.92. The molecule has 2 rings (SSSR count). The molecule has 0 aliphatic rings. The van der Waals surface area contributed by atoms with E-state index in [4.69, 9.17) is 0 Å². The maximum atomic E-state index is 13.4. The third kappa shape index (κ3) is 4.10. The first-order chi connectivity index (χ1) is 11.3. The Morgan fingerprint density at radius 3 is 2.17 bits per heavy atom. The fourth-order valence-electron chi connectivity index (χ4n) is 2.10. The average molecular weight is 355 g/mol. The molecule has 0 spiro atoms. The lowest BCUT2D eigenvalue weighted by Crippen LogP contribution is -2.56. The van der Waals surface area contributed by atoms with E-state index < -0.39 is 24.1 Å². The number of benzene rings is 2. The molecule has 7 heteroatoms. The molecule has 24 heavy (non-hydrogen) atoms. The van der Waals surface area contributed by atoms with Gasteiger partial charge in [-0.2, -0.15) is 13.2 Å². The number of para-hydroxylation sites is 1. The van der Waals surface area contributed by atoms with Gasteiger partial charge in [0.15, 0.2) is 0 Å². The van der Waals surface area contributed by atoms with Gasteiger partial charge < -0.3 is 10.4 Å². The Morgan fingerprint density at radius 1 is 1.08 bits per heavy atom. The van der Waals surface area contributed by atoms with Crippen molar-refractivity contribution in [2.24, 2.45) is 0 Å². The summed E-state index contributed by atoms with van der Waals surface area (Å²) in [6, 6.07) is 13.9. The van der Waals surface area contributed by atoms with Gasteiger partial charge in [0.25, 0.3) is 5.91 Å². The Balaban J connectivity index is 2.26. The number of thioether (sulfide) groups is 1. The minimum atomic E-state index is -5.11. The molecule has 0 bridgehead atoms. The molecule has 0 saturated carbocycles. The van der Waals surface area contributed by atoms with Crippen LogP contribution in [0.2, 0.25) is 0 Å². The summed E-state index contributed by atoms with van der Waals surface area (Å²) < 4.78 is 40.1. The normalized spacial score (nSPS) is 14.0. The largest absolute Gasteiger partial charge is 0.426 e. The first-order valence-electron chi connectivity index (χ1n) is 7.05. The molecule has 1 atom stereocenters. The number of nitrogens with one attached hydrogen (secondary N) is 1. The van der Waals surface area contributed by atoms with Crippen molar-refractivity contribution in [1.29, 1.82) is 0 Å². The van der Waals surface area contributed by atoms with Crippen molar-refractivity contribution in [3.8, 4) is 0 Å². The number of aliphatic hydroxyl groups is 1. The molecular weight excluding hydrogens is 339 g/mol. The number of amides is 1. The van der Waals surface area contributed by atoms with E-state index in [9.17, 15) is 23.1 Å². The monoisotopic (exact) mass is 355 g/mol. The zero-order chi connectivity index (χ0) is 17.8. The highest BCUT2D eigenvalue weighted by molar-refractivity contribution is 7.98. The first kappa shape index (κ1) is 18.4. The summed E-state index contributed by atoms with van der Waals surface area (Å²) in [4.78, 5) is 13.0. The number of rotatable bonds is 5. The Morgan fingerprint density at radius 2 is 1.67 bits per heavy atom. The second-order valence-electron chi connectivity index (χ2n) is 5.20. The zero-order valence-corrected chi connectivity index (χ0v) is 13.6. The van der Waals surface area contributed by atoms with Gasteiger partial charge in [-0.1, -0.05) is 30.3 Å². The van der Waals surface area contributed by atoms with Crippen LogP contribution < -0.4 is 5.32 Å². The fourth-order valence-corrected chi connectivity index (χ4v) is 2.51. The Bertz CT molecular complexity index is 689. The van der Waals surface area contributed by atoms with Crippen molar-refractivity contribution in [3.05, 3.63) is 60.2 Å². The van der Waals surface area contributed by atoms with E-state index in [1.165, 1.54) is 36.0 Å². The van der Waals surface area contributed by atoms with Gasteiger partial charge in [0.1, 0.15) is 0 Å². The van der Waals surface area contributed by atoms with E-state index in [-0.39, 0.29) is 11.3 Å². The summed E-state index contributed by atoms with van der Waals surface area (Å²) in [6.45, 7) is 0. The van der Waals surface area contributed by atoms with Crippen molar-refractivity contribution in [3.63, 3.8) is 0 Å². The highest BCUT2D eigenvalue weighted by Crippen LogP contribution is 2.35. The second kappa shape index (κ2) is 7.27. The lowest BCUT2D eigenvalue weighted by Gasteiger charge is -2.29. The molecule has 0 aliphatic carbocycles. The van der Waals surface area contributed by atoms with Crippen LogP contribution in [0.25, 0.3) is 0 Å². The van der Waals surface area contributed by atoms with Gasteiger partial charge in [0.05, 0.1) is 0 Å². The van der Waals surface area contributed by atoms with Crippen LogP contribution in [0.15, 0.2) is 59.5 Å². The number of carbonyl (C=O) groups is 1. The second-order valence-corrected chi connectivity index (χ2v) is 6.08. The van der Waals surface area contributed by atoms with E-state index >= 15 is 0 Å². The average Bonchev–Trinajstić information content (AvgIpc) is 2.55. The van der Waals surface area contributed by atoms with Crippen molar-refractivity contribution in [2.45, 2.75) is 23.1 Å². The number of carbonyl (C=O) groups excluding carboxylic acids is 1. The van der Waals surface area contributed by atoms with Gasteiger partial charge in [-0.3, -0.25) is 4.79 Å². The van der Waals surface area contributed by atoms with E-state index in [0.717, 1.165) is 4.90 Å². The molecule has 1 amide bonds. The summed E-state index contributed by atoms with van der Waals surface area (Å²) in [5.41, 5.74) is -3.11. The van der Waals surface area contributed by atoms with Gasteiger partial charge in [-0.15, -0.1) is 11.8 Å². The van der Waals surface area contributed by atoms with Crippen LogP contribution >= 0.6 is 11.8 Å². The molecule has 3 nitrogen and oxygen atoms in total. The molecule has 2 aromatic carbocycles. The number of alkyl halides is 3. The van der Waals surface area contributed by atoms with E-state index in [0.29, 0.717) is 0 Å². The van der Waals surface area contributed by atoms with Crippen molar-refractivity contribution >= 4 is 23.4 Å². The molecule has 1 unspecified atom stereocenters. The maximum absolute atomic E-state index is 13.4. The van der Waals surface area contributed by atoms with Gasteiger partial charge >= 0.3 is 6.18 Å². The zero-order valence-electron chi connectivity index (χ0n) is 12.8. The van der Waals surface area contributed by atoms with Crippen LogP contribution in [-0.4, -0.2) is 29.0 Å². The van der Waals surface area contributed by atoms with Crippen molar-refractivity contribution in [1.82, 2.24) is 0 Å². The minimum absolute atomic E-state index is 0.183. The van der Waals surface area contributed by atoms with Gasteiger partial charge in [-0.05, 0) is 36.1 Å². The molecular formula is C17H16F3NO2S. The topological polar surface area (TPSA) is 49.3 Å². The predicted octanol–water partition coefficient (Wildman–Crippen LogP) is 3.88. The van der Waals surface area contributed by atoms with Gasteiger partial charge in [0.2, 0.25) is 5.60 Å². The standard InChI is InChI=1S/C17H16F3NO2S/c1-24-14-9-7-12(8-10-14)11-16(23,17(18,19)20)15(22)21-13-5-3-2-4-6-13/h2-10,23H,11H2,1H3,(H,21,22). The summed E-state index contributed by atoms with van der Waals surface area (Å²) in [6.07, 6.45) is -4.12. The quantitative estimate of drug-likeness (QED) is 0.800. The molecule has 0 radical (unpaired) electrons. The number of anilines is 1. The molecule has 2 aromatic rings. The smallest absolute Gasteiger partial charge is 0.372 e. The van der Waals surface area contributed by atoms with Gasteiger partial charge in [-0.25, -0.2) is 0 Å². The Kier molecular flexibility index (Phi) is 5.56. The van der Waals surface area contributed by atoms with Crippen LogP contribution in [0.3, 0.4) is 0 Å². The highest BCUT2D eigenvalue weighted by Gasteiger charge is 2.59. The minimum Gasteiger partial charge on any atom is -0.372 e. The molecule has 0 saturated heterocycles. The van der Waals surface area contributed by atoms with Crippen LogP contribution in [-0.2, 0) is 11.2 Å². The van der Waals surface area contributed by atoms with Crippen LogP contribution in [0.5, 0.6) is 0 Å². The number of hydrogen-bond donors (Lipinski definition) is 2. The van der Waals surface area contributed by atoms with E-state index in [1.807, 2.05) is 6.26 Å². The molecule has 0 fully saturated rings. The summed E-state index contributed by atoms with van der Waals surface area (Å²) in [7, 11) is 0. The highest BCUT2D eigenvalue weighted by atomic mass is 32.2. The summed E-state index contributed by atoms with van der Waals surface area (Å²) >= 11 is 1.45. The van der Waals surface area contributed by atoms with Crippen molar-refractivity contribution in [2.75, 3.05) is 11.6 Å². The molecule has 0 heterocycles. The Hall–Kier alpha value is -1.99. The molecule has 0 aromatic heterocycles. The van der Waals surface area contributed by atoms with Crippen molar-refractivity contribution < 1.29 is 23.1 Å². The van der Waals surface area contributed by atoms with Crippen LogP contribution in [0, 0.1) is 0 Å². The Labute approximate surface area is 141 Å².